The zero-order valence-electron chi connectivity index (χ0n) is 12.4. The number of nitrogens with one attached hydrogen (secondary N) is 1. The standard InChI is InChI=1S/C15H22N2O3.ClH/c1-19-13-7-6-11(9-14(13)20-2)17-15(18)8-10-4-3-5-12(10)16;/h6-7,9-10,12H,3-5,8,16H2,1-2H3,(H,17,18);1H/t10-,12+;/m0./s1. The van der Waals surface area contributed by atoms with Crippen molar-refractivity contribution in [3.63, 3.8) is 0 Å². The molecule has 1 saturated carbocycles. The molecule has 3 N–H and O–H groups in total. The molecule has 1 aliphatic carbocycles. The van der Waals surface area contributed by atoms with Gasteiger partial charge in [0.25, 0.3) is 0 Å². The van der Waals surface area contributed by atoms with Crippen LogP contribution in [-0.4, -0.2) is 26.2 Å². The Morgan fingerprint density at radius 1 is 1.29 bits per heavy atom. The molecule has 0 radical (unpaired) electrons. The molecule has 118 valence electrons. The maximum absolute atomic E-state index is 12.0. The van der Waals surface area contributed by atoms with Crippen LogP contribution < -0.4 is 20.5 Å². The van der Waals surface area contributed by atoms with Gasteiger partial charge in [0.15, 0.2) is 11.5 Å². The van der Waals surface area contributed by atoms with Gasteiger partial charge in [0, 0.05) is 24.2 Å². The average Bonchev–Trinajstić information content (AvgIpc) is 2.84. The Morgan fingerprint density at radius 3 is 2.57 bits per heavy atom. The lowest BCUT2D eigenvalue weighted by Gasteiger charge is -2.15. The van der Waals surface area contributed by atoms with Gasteiger partial charge < -0.3 is 20.5 Å². The molecule has 21 heavy (non-hydrogen) atoms. The van der Waals surface area contributed by atoms with Gasteiger partial charge in [-0.2, -0.15) is 0 Å². The molecule has 0 saturated heterocycles. The van der Waals surface area contributed by atoms with Crippen molar-refractivity contribution in [2.24, 2.45) is 11.7 Å². The summed E-state index contributed by atoms with van der Waals surface area (Å²) in [6.45, 7) is 0. The summed E-state index contributed by atoms with van der Waals surface area (Å²) in [4.78, 5) is 12.0. The molecule has 0 bridgehead atoms. The zero-order valence-corrected chi connectivity index (χ0v) is 13.2. The molecule has 0 spiro atoms. The zero-order chi connectivity index (χ0) is 14.5. The number of nitrogens with two attached hydrogens (primary N) is 1. The number of halogens is 1. The third kappa shape index (κ3) is 4.51. The summed E-state index contributed by atoms with van der Waals surface area (Å²) < 4.78 is 10.4. The second kappa shape index (κ2) is 8.10. The highest BCUT2D eigenvalue weighted by atomic mass is 35.5. The molecule has 2 atom stereocenters. The summed E-state index contributed by atoms with van der Waals surface area (Å²) >= 11 is 0. The number of ether oxygens (including phenoxy) is 2. The van der Waals surface area contributed by atoms with E-state index in [-0.39, 0.29) is 24.4 Å². The van der Waals surface area contributed by atoms with E-state index in [2.05, 4.69) is 5.32 Å². The SMILES string of the molecule is COc1ccc(NC(=O)C[C@@H]2CCC[C@H]2N)cc1OC.Cl. The second-order valence-corrected chi connectivity index (χ2v) is 5.18. The van der Waals surface area contributed by atoms with Gasteiger partial charge in [-0.25, -0.2) is 0 Å². The van der Waals surface area contributed by atoms with Gasteiger partial charge in [0.1, 0.15) is 0 Å². The first-order chi connectivity index (χ1) is 9.63. The second-order valence-electron chi connectivity index (χ2n) is 5.18. The van der Waals surface area contributed by atoms with Crippen LogP contribution in [0.3, 0.4) is 0 Å². The molecule has 0 aliphatic heterocycles. The summed E-state index contributed by atoms with van der Waals surface area (Å²) in [6, 6.07) is 5.49. The topological polar surface area (TPSA) is 73.6 Å². The molecule has 5 nitrogen and oxygen atoms in total. The normalized spacial score (nSPS) is 20.5. The summed E-state index contributed by atoms with van der Waals surface area (Å²) in [6.07, 6.45) is 3.67. The lowest BCUT2D eigenvalue weighted by Crippen LogP contribution is -2.28. The first-order valence-electron chi connectivity index (χ1n) is 6.91. The fourth-order valence-corrected chi connectivity index (χ4v) is 2.68. The number of hydrogen-bond acceptors (Lipinski definition) is 4. The van der Waals surface area contributed by atoms with Crippen LogP contribution in [0.15, 0.2) is 18.2 Å². The van der Waals surface area contributed by atoms with Crippen LogP contribution in [0.25, 0.3) is 0 Å². The van der Waals surface area contributed by atoms with E-state index in [9.17, 15) is 4.79 Å². The Balaban J connectivity index is 0.00000220. The number of methoxy groups -OCH3 is 2. The third-order valence-electron chi connectivity index (χ3n) is 3.83. The first-order valence-corrected chi connectivity index (χ1v) is 6.91. The summed E-state index contributed by atoms with van der Waals surface area (Å²) in [5.41, 5.74) is 6.70. The van der Waals surface area contributed by atoms with Gasteiger partial charge in [-0.05, 0) is 30.9 Å². The number of hydrogen-bond donors (Lipinski definition) is 2. The van der Waals surface area contributed by atoms with E-state index in [4.69, 9.17) is 15.2 Å². The molecule has 0 aromatic heterocycles. The molecule has 1 aliphatic rings. The van der Waals surface area contributed by atoms with Gasteiger partial charge in [-0.3, -0.25) is 4.79 Å². The maximum atomic E-state index is 12.0. The third-order valence-corrected chi connectivity index (χ3v) is 3.83. The minimum Gasteiger partial charge on any atom is -0.493 e. The van der Waals surface area contributed by atoms with Gasteiger partial charge in [0.05, 0.1) is 14.2 Å². The van der Waals surface area contributed by atoms with Crippen molar-refractivity contribution < 1.29 is 14.3 Å². The van der Waals surface area contributed by atoms with Gasteiger partial charge in [-0.15, -0.1) is 12.4 Å². The van der Waals surface area contributed by atoms with Crippen molar-refractivity contribution in [2.75, 3.05) is 19.5 Å². The maximum Gasteiger partial charge on any atom is 0.224 e. The smallest absolute Gasteiger partial charge is 0.224 e. The van der Waals surface area contributed by atoms with E-state index >= 15 is 0 Å². The molecule has 1 aromatic carbocycles. The number of amides is 1. The Morgan fingerprint density at radius 2 is 2.00 bits per heavy atom. The van der Waals surface area contributed by atoms with E-state index in [1.807, 2.05) is 0 Å². The van der Waals surface area contributed by atoms with Crippen LogP contribution >= 0.6 is 12.4 Å². The summed E-state index contributed by atoms with van der Waals surface area (Å²) in [5.74, 6) is 1.54. The Bertz CT molecular complexity index is 482. The van der Waals surface area contributed by atoms with Crippen LogP contribution in [-0.2, 0) is 4.79 Å². The summed E-state index contributed by atoms with van der Waals surface area (Å²) in [7, 11) is 3.15. The minimum absolute atomic E-state index is 0. The monoisotopic (exact) mass is 314 g/mol. The molecular weight excluding hydrogens is 292 g/mol. The van der Waals surface area contributed by atoms with E-state index in [1.165, 1.54) is 0 Å². The van der Waals surface area contributed by atoms with Crippen molar-refractivity contribution in [1.29, 1.82) is 0 Å². The Kier molecular flexibility index (Phi) is 6.78. The highest BCUT2D eigenvalue weighted by Gasteiger charge is 2.26. The molecule has 0 heterocycles. The van der Waals surface area contributed by atoms with Crippen LogP contribution in [0, 0.1) is 5.92 Å². The molecule has 6 heteroatoms. The first kappa shape index (κ1) is 17.6. The lowest BCUT2D eigenvalue weighted by atomic mass is 10.00. The molecule has 0 unspecified atom stereocenters. The van der Waals surface area contributed by atoms with E-state index in [0.29, 0.717) is 29.5 Å². The number of carbonyl (C=O) groups excluding carboxylic acids is 1. The predicted molar refractivity (Wildman–Crippen MR) is 85.4 cm³/mol. The van der Waals surface area contributed by atoms with Crippen LogP contribution in [0.1, 0.15) is 25.7 Å². The van der Waals surface area contributed by atoms with Crippen molar-refractivity contribution in [2.45, 2.75) is 31.7 Å². The number of anilines is 1. The number of carbonyl (C=O) groups is 1. The molecular formula is C15H23ClN2O3. The number of benzene rings is 1. The Hall–Kier alpha value is -1.46. The Labute approximate surface area is 131 Å². The lowest BCUT2D eigenvalue weighted by molar-refractivity contribution is -0.117. The average molecular weight is 315 g/mol. The quantitative estimate of drug-likeness (QED) is 0.876. The fraction of sp³-hybridized carbons (Fsp3) is 0.533. The van der Waals surface area contributed by atoms with Crippen molar-refractivity contribution in [3.8, 4) is 11.5 Å². The van der Waals surface area contributed by atoms with Crippen LogP contribution in [0.2, 0.25) is 0 Å². The van der Waals surface area contributed by atoms with Crippen molar-refractivity contribution in [1.82, 2.24) is 0 Å². The number of rotatable bonds is 5. The molecule has 1 aromatic rings. The van der Waals surface area contributed by atoms with E-state index in [0.717, 1.165) is 19.3 Å². The summed E-state index contributed by atoms with van der Waals surface area (Å²) in [5, 5.41) is 2.89. The van der Waals surface area contributed by atoms with Crippen molar-refractivity contribution in [3.05, 3.63) is 18.2 Å². The van der Waals surface area contributed by atoms with Crippen LogP contribution in [0.5, 0.6) is 11.5 Å². The van der Waals surface area contributed by atoms with Gasteiger partial charge in [0.2, 0.25) is 5.91 Å². The van der Waals surface area contributed by atoms with Crippen LogP contribution in [0.4, 0.5) is 5.69 Å². The van der Waals surface area contributed by atoms with E-state index < -0.39 is 0 Å². The highest BCUT2D eigenvalue weighted by molar-refractivity contribution is 5.91. The molecule has 1 fully saturated rings. The molecule has 1 amide bonds. The minimum atomic E-state index is -0.000398. The van der Waals surface area contributed by atoms with Gasteiger partial charge in [-0.1, -0.05) is 6.42 Å². The largest absolute Gasteiger partial charge is 0.493 e. The molecule has 2 rings (SSSR count). The van der Waals surface area contributed by atoms with E-state index in [1.54, 1.807) is 32.4 Å². The highest BCUT2D eigenvalue weighted by Crippen LogP contribution is 2.31. The van der Waals surface area contributed by atoms with Crippen molar-refractivity contribution >= 4 is 24.0 Å². The predicted octanol–water partition coefficient (Wildman–Crippen LogP) is 2.58. The van der Waals surface area contributed by atoms with Gasteiger partial charge >= 0.3 is 0 Å². The fourth-order valence-electron chi connectivity index (χ4n) is 2.68.